The van der Waals surface area contributed by atoms with Crippen LogP contribution in [0.25, 0.3) is 22.2 Å². The molecule has 1 aromatic heterocycles. The van der Waals surface area contributed by atoms with Gasteiger partial charge in [0.25, 0.3) is 0 Å². The lowest BCUT2D eigenvalue weighted by Crippen LogP contribution is -2.16. The van der Waals surface area contributed by atoms with Gasteiger partial charge in [0.1, 0.15) is 5.75 Å². The molecule has 0 aliphatic carbocycles. The van der Waals surface area contributed by atoms with E-state index in [4.69, 9.17) is 74.3 Å². The molecule has 0 aliphatic rings. The number of hydrogen-bond acceptors (Lipinski definition) is 4. The number of fused-ring (bicyclic) bond motifs is 1. The van der Waals surface area contributed by atoms with Crippen LogP contribution in [-0.4, -0.2) is 22.1 Å². The smallest absolute Gasteiger partial charge is 0.250 e. The third kappa shape index (κ3) is 4.06. The van der Waals surface area contributed by atoms with E-state index in [1.807, 2.05) is 30.3 Å². The predicted molar refractivity (Wildman–Crippen MR) is 108 cm³/mol. The maximum atomic E-state index is 5.93. The predicted octanol–water partition coefficient (Wildman–Crippen LogP) is 6.35. The van der Waals surface area contributed by atoms with Gasteiger partial charge in [-0.25, -0.2) is 15.0 Å². The number of ether oxygens (including phenoxy) is 1. The SMILES string of the molecule is COc1cccc2c(-c3nc(C(Cl)(Cl)Cl)nc(C(Cl)(Cl)Cl)n3)cccc12. The number of rotatable bonds is 2. The number of benzene rings is 2. The van der Waals surface area contributed by atoms with Crippen molar-refractivity contribution in [2.45, 2.75) is 7.59 Å². The minimum Gasteiger partial charge on any atom is -0.496 e. The van der Waals surface area contributed by atoms with Gasteiger partial charge >= 0.3 is 0 Å². The first kappa shape index (κ1) is 20.0. The number of halogens is 6. The van der Waals surface area contributed by atoms with Crippen LogP contribution in [0.5, 0.6) is 5.75 Å². The molecular formula is C16H9Cl6N3O. The molecule has 0 saturated carbocycles. The zero-order valence-corrected chi connectivity index (χ0v) is 17.5. The third-order valence-corrected chi connectivity index (χ3v) is 4.50. The molecule has 2 aromatic carbocycles. The maximum Gasteiger partial charge on any atom is 0.250 e. The van der Waals surface area contributed by atoms with Crippen LogP contribution in [0.1, 0.15) is 11.6 Å². The number of hydrogen-bond donors (Lipinski definition) is 0. The summed E-state index contributed by atoms with van der Waals surface area (Å²) in [5.41, 5.74) is 0.648. The van der Waals surface area contributed by atoms with Gasteiger partial charge < -0.3 is 4.74 Å². The fourth-order valence-electron chi connectivity index (χ4n) is 2.40. The molecule has 1 heterocycles. The molecule has 3 rings (SSSR count). The normalized spacial score (nSPS) is 12.4. The van der Waals surface area contributed by atoms with Gasteiger partial charge in [-0.05, 0) is 11.5 Å². The Morgan fingerprint density at radius 3 is 1.81 bits per heavy atom. The summed E-state index contributed by atoms with van der Waals surface area (Å²) in [6, 6.07) is 11.1. The summed E-state index contributed by atoms with van der Waals surface area (Å²) < 4.78 is 1.57. The van der Waals surface area contributed by atoms with Crippen molar-refractivity contribution >= 4 is 80.4 Å². The van der Waals surface area contributed by atoms with Gasteiger partial charge in [-0.3, -0.25) is 0 Å². The topological polar surface area (TPSA) is 47.9 Å². The third-order valence-electron chi connectivity index (χ3n) is 3.49. The Kier molecular flexibility index (Phi) is 5.65. The van der Waals surface area contributed by atoms with Crippen molar-refractivity contribution in [3.05, 3.63) is 48.0 Å². The standard InChI is InChI=1S/C16H9Cl6N3O/c1-26-11-7-3-4-8-9(11)5-2-6-10(8)12-23-13(15(17,18)19)25-14(24-12)16(20,21)22/h2-7H,1H3. The van der Waals surface area contributed by atoms with Crippen molar-refractivity contribution < 1.29 is 4.74 Å². The summed E-state index contributed by atoms with van der Waals surface area (Å²) in [5, 5.41) is 1.68. The first-order chi connectivity index (χ1) is 12.1. The molecule has 0 atom stereocenters. The van der Waals surface area contributed by atoms with E-state index in [1.54, 1.807) is 13.2 Å². The molecule has 0 saturated heterocycles. The molecule has 0 N–H and O–H groups in total. The molecule has 3 aromatic rings. The number of aromatic nitrogens is 3. The minimum absolute atomic E-state index is 0.145. The zero-order chi connectivity index (χ0) is 19.1. The summed E-state index contributed by atoms with van der Waals surface area (Å²) in [7, 11) is 1.59. The highest BCUT2D eigenvalue weighted by molar-refractivity contribution is 6.67. The van der Waals surface area contributed by atoms with Crippen LogP contribution in [0.15, 0.2) is 36.4 Å². The van der Waals surface area contributed by atoms with Crippen LogP contribution in [-0.2, 0) is 7.59 Å². The number of alkyl halides is 6. The second-order valence-electron chi connectivity index (χ2n) is 5.16. The van der Waals surface area contributed by atoms with Crippen molar-refractivity contribution in [3.8, 4) is 17.1 Å². The van der Waals surface area contributed by atoms with Crippen molar-refractivity contribution in [2.75, 3.05) is 7.11 Å². The van der Waals surface area contributed by atoms with Gasteiger partial charge in [-0.1, -0.05) is 99.9 Å². The van der Waals surface area contributed by atoms with Crippen molar-refractivity contribution in [1.29, 1.82) is 0 Å². The molecule has 0 bridgehead atoms. The maximum absolute atomic E-state index is 5.93. The summed E-state index contributed by atoms with van der Waals surface area (Å²) in [6.07, 6.45) is 0. The van der Waals surface area contributed by atoms with Crippen molar-refractivity contribution in [2.24, 2.45) is 0 Å². The lowest BCUT2D eigenvalue weighted by molar-refractivity contribution is 0.420. The minimum atomic E-state index is -1.91. The quantitative estimate of drug-likeness (QED) is 0.408. The average Bonchev–Trinajstić information content (AvgIpc) is 2.58. The van der Waals surface area contributed by atoms with Gasteiger partial charge in [0.2, 0.25) is 7.59 Å². The first-order valence-electron chi connectivity index (χ1n) is 7.08. The molecule has 136 valence electrons. The second-order valence-corrected chi connectivity index (χ2v) is 9.73. The molecule has 4 nitrogen and oxygen atoms in total. The van der Waals surface area contributed by atoms with Gasteiger partial charge in [0.15, 0.2) is 17.5 Å². The largest absolute Gasteiger partial charge is 0.496 e. The molecule has 0 aliphatic heterocycles. The van der Waals surface area contributed by atoms with E-state index in [1.165, 1.54) is 0 Å². The fourth-order valence-corrected chi connectivity index (χ4v) is 2.91. The number of nitrogens with zero attached hydrogens (tertiary/aromatic N) is 3. The van der Waals surface area contributed by atoms with E-state index < -0.39 is 7.59 Å². The fraction of sp³-hybridized carbons (Fsp3) is 0.188. The highest BCUT2D eigenvalue weighted by Gasteiger charge is 2.34. The Bertz CT molecular complexity index is 936. The molecule has 0 spiro atoms. The Balaban J connectivity index is 2.32. The molecule has 0 radical (unpaired) electrons. The van der Waals surface area contributed by atoms with Crippen LogP contribution >= 0.6 is 69.6 Å². The van der Waals surface area contributed by atoms with E-state index in [-0.39, 0.29) is 17.5 Å². The Hall–Kier alpha value is -0.750. The van der Waals surface area contributed by atoms with Crippen LogP contribution in [0.2, 0.25) is 0 Å². The van der Waals surface area contributed by atoms with Crippen LogP contribution in [0.3, 0.4) is 0 Å². The van der Waals surface area contributed by atoms with E-state index in [0.717, 1.165) is 10.8 Å². The molecule has 0 amide bonds. The molecule has 10 heteroatoms. The van der Waals surface area contributed by atoms with Gasteiger partial charge in [-0.2, -0.15) is 0 Å². The summed E-state index contributed by atoms with van der Waals surface area (Å²) in [4.78, 5) is 12.5. The molecule has 0 fully saturated rings. The van der Waals surface area contributed by atoms with Gasteiger partial charge in [0.05, 0.1) is 7.11 Å². The van der Waals surface area contributed by atoms with E-state index in [2.05, 4.69) is 15.0 Å². The summed E-state index contributed by atoms with van der Waals surface area (Å²) >= 11 is 35.6. The first-order valence-corrected chi connectivity index (χ1v) is 9.34. The highest BCUT2D eigenvalue weighted by atomic mass is 35.6. The second kappa shape index (κ2) is 7.34. The number of methoxy groups -OCH3 is 1. The van der Waals surface area contributed by atoms with Crippen LogP contribution in [0, 0.1) is 0 Å². The summed E-state index contributed by atoms with van der Waals surface area (Å²) in [6.45, 7) is 0. The van der Waals surface area contributed by atoms with Crippen molar-refractivity contribution in [3.63, 3.8) is 0 Å². The van der Waals surface area contributed by atoms with E-state index in [9.17, 15) is 0 Å². The van der Waals surface area contributed by atoms with Gasteiger partial charge in [0, 0.05) is 10.9 Å². The highest BCUT2D eigenvalue weighted by Crippen LogP contribution is 2.41. The molecule has 26 heavy (non-hydrogen) atoms. The monoisotopic (exact) mass is 469 g/mol. The van der Waals surface area contributed by atoms with Crippen molar-refractivity contribution in [1.82, 2.24) is 15.0 Å². The Morgan fingerprint density at radius 1 is 0.731 bits per heavy atom. The van der Waals surface area contributed by atoms with E-state index >= 15 is 0 Å². The Labute approximate surface area is 179 Å². The molecule has 0 unspecified atom stereocenters. The Morgan fingerprint density at radius 2 is 1.27 bits per heavy atom. The van der Waals surface area contributed by atoms with Crippen LogP contribution < -0.4 is 4.74 Å². The zero-order valence-electron chi connectivity index (χ0n) is 13.0. The lowest BCUT2D eigenvalue weighted by atomic mass is 10.0. The lowest BCUT2D eigenvalue weighted by Gasteiger charge is -2.16. The van der Waals surface area contributed by atoms with Gasteiger partial charge in [-0.15, -0.1) is 0 Å². The van der Waals surface area contributed by atoms with Crippen LogP contribution in [0.4, 0.5) is 0 Å². The summed E-state index contributed by atoms with van der Waals surface area (Å²) in [5.74, 6) is 0.616. The van der Waals surface area contributed by atoms with E-state index in [0.29, 0.717) is 11.3 Å². The average molecular weight is 472 g/mol. The molecular weight excluding hydrogens is 463 g/mol.